The first kappa shape index (κ1) is 27.1. The summed E-state index contributed by atoms with van der Waals surface area (Å²) >= 11 is 0. The van der Waals surface area contributed by atoms with E-state index in [1.54, 1.807) is 0 Å². The van der Waals surface area contributed by atoms with Crippen LogP contribution in [0.15, 0.2) is 160 Å². The third-order valence-corrected chi connectivity index (χ3v) is 9.91. The zero-order valence-electron chi connectivity index (χ0n) is 26.6. The summed E-state index contributed by atoms with van der Waals surface area (Å²) in [6.07, 6.45) is 0. The maximum absolute atomic E-state index is 6.26. The fourth-order valence-corrected chi connectivity index (χ4v) is 7.54. The van der Waals surface area contributed by atoms with E-state index in [-0.39, 0.29) is 0 Å². The molecule has 3 aromatic heterocycles. The molecule has 232 valence electrons. The number of hydrogen-bond acceptors (Lipinski definition) is 5. The lowest BCUT2D eigenvalue weighted by atomic mass is 9.93. The van der Waals surface area contributed by atoms with E-state index >= 15 is 0 Å². The number of aromatic nitrogens is 3. The molecule has 11 aromatic rings. The number of fused-ring (bicyclic) bond motifs is 12. The van der Waals surface area contributed by atoms with Crippen molar-refractivity contribution in [3.05, 3.63) is 152 Å². The first-order valence-corrected chi connectivity index (χ1v) is 16.7. The van der Waals surface area contributed by atoms with Crippen LogP contribution in [-0.4, -0.2) is 15.0 Å². The Kier molecular flexibility index (Phi) is 5.60. The molecule has 5 heteroatoms. The van der Waals surface area contributed by atoms with Gasteiger partial charge in [-0.2, -0.15) is 0 Å². The number of rotatable bonds is 3. The van der Waals surface area contributed by atoms with Gasteiger partial charge in [-0.15, -0.1) is 0 Å². The molecule has 3 heterocycles. The summed E-state index contributed by atoms with van der Waals surface area (Å²) in [7, 11) is 0. The highest BCUT2D eigenvalue weighted by atomic mass is 16.3. The molecule has 0 saturated carbocycles. The molecule has 8 aromatic carbocycles. The second-order valence-electron chi connectivity index (χ2n) is 12.8. The minimum atomic E-state index is 0.570. The number of furan rings is 2. The molecule has 0 N–H and O–H groups in total. The molecule has 0 radical (unpaired) electrons. The van der Waals surface area contributed by atoms with E-state index in [2.05, 4.69) is 103 Å². The average molecular weight is 640 g/mol. The molecule has 0 bridgehead atoms. The van der Waals surface area contributed by atoms with Crippen molar-refractivity contribution in [1.82, 2.24) is 15.0 Å². The Morgan fingerprint density at radius 2 is 0.580 bits per heavy atom. The molecule has 0 atom stereocenters. The van der Waals surface area contributed by atoms with Gasteiger partial charge >= 0.3 is 0 Å². The van der Waals surface area contributed by atoms with E-state index < -0.39 is 0 Å². The van der Waals surface area contributed by atoms with Gasteiger partial charge in [0.2, 0.25) is 0 Å². The second kappa shape index (κ2) is 10.3. The van der Waals surface area contributed by atoms with Gasteiger partial charge in [-0.1, -0.05) is 109 Å². The Hall–Kier alpha value is -6.85. The highest BCUT2D eigenvalue weighted by Crippen LogP contribution is 2.38. The lowest BCUT2D eigenvalue weighted by Gasteiger charge is -2.12. The Morgan fingerprint density at radius 1 is 0.260 bits per heavy atom. The maximum atomic E-state index is 6.26. The van der Waals surface area contributed by atoms with Crippen LogP contribution in [0, 0.1) is 0 Å². The van der Waals surface area contributed by atoms with Gasteiger partial charge in [0.25, 0.3) is 0 Å². The molecule has 0 saturated heterocycles. The zero-order chi connectivity index (χ0) is 32.8. The predicted octanol–water partition coefficient (Wildman–Crippen LogP) is 12.1. The first-order valence-electron chi connectivity index (χ1n) is 16.7. The van der Waals surface area contributed by atoms with Crippen LogP contribution in [-0.2, 0) is 0 Å². The zero-order valence-corrected chi connectivity index (χ0v) is 26.6. The summed E-state index contributed by atoms with van der Waals surface area (Å²) in [6.45, 7) is 0. The summed E-state index contributed by atoms with van der Waals surface area (Å²) in [4.78, 5) is 15.3. The molecular formula is C45H25N3O2. The smallest absolute Gasteiger partial charge is 0.164 e. The van der Waals surface area contributed by atoms with Crippen LogP contribution in [0.2, 0.25) is 0 Å². The molecule has 5 nitrogen and oxygen atoms in total. The summed E-state index contributed by atoms with van der Waals surface area (Å²) in [5, 5.41) is 11.5. The fourth-order valence-electron chi connectivity index (χ4n) is 7.54. The molecule has 0 aliphatic carbocycles. The molecule has 0 aliphatic heterocycles. The van der Waals surface area contributed by atoms with Crippen LogP contribution in [0.5, 0.6) is 0 Å². The van der Waals surface area contributed by atoms with Gasteiger partial charge < -0.3 is 8.83 Å². The lowest BCUT2D eigenvalue weighted by Crippen LogP contribution is -2.00. The third-order valence-electron chi connectivity index (χ3n) is 9.91. The maximum Gasteiger partial charge on any atom is 0.164 e. The first-order chi connectivity index (χ1) is 24.7. The van der Waals surface area contributed by atoms with Crippen molar-refractivity contribution in [2.45, 2.75) is 0 Å². The van der Waals surface area contributed by atoms with E-state index in [0.29, 0.717) is 17.5 Å². The number of benzene rings is 8. The minimum Gasteiger partial charge on any atom is -0.456 e. The van der Waals surface area contributed by atoms with Crippen molar-refractivity contribution < 1.29 is 8.83 Å². The largest absolute Gasteiger partial charge is 0.456 e. The van der Waals surface area contributed by atoms with E-state index in [4.69, 9.17) is 23.8 Å². The van der Waals surface area contributed by atoms with E-state index in [9.17, 15) is 0 Å². The van der Waals surface area contributed by atoms with Gasteiger partial charge in [0.1, 0.15) is 22.3 Å². The van der Waals surface area contributed by atoms with Crippen molar-refractivity contribution in [2.24, 2.45) is 0 Å². The minimum absolute atomic E-state index is 0.570. The van der Waals surface area contributed by atoms with Crippen LogP contribution >= 0.6 is 0 Å². The van der Waals surface area contributed by atoms with Gasteiger partial charge in [0.05, 0.1) is 0 Å². The van der Waals surface area contributed by atoms with Crippen LogP contribution in [0.1, 0.15) is 0 Å². The Morgan fingerprint density at radius 3 is 1.04 bits per heavy atom. The third kappa shape index (κ3) is 4.04. The second-order valence-corrected chi connectivity index (χ2v) is 12.8. The van der Waals surface area contributed by atoms with Gasteiger partial charge in [0.15, 0.2) is 17.5 Å². The van der Waals surface area contributed by atoms with Crippen molar-refractivity contribution in [2.75, 3.05) is 0 Å². The van der Waals surface area contributed by atoms with Crippen molar-refractivity contribution in [3.8, 4) is 34.2 Å². The summed E-state index contributed by atoms with van der Waals surface area (Å²) in [5.41, 5.74) is 5.91. The predicted molar refractivity (Wildman–Crippen MR) is 203 cm³/mol. The molecule has 0 unspecified atom stereocenters. The van der Waals surface area contributed by atoms with Crippen LogP contribution < -0.4 is 0 Å². The Labute approximate surface area is 285 Å². The summed E-state index contributed by atoms with van der Waals surface area (Å²) < 4.78 is 12.5. The lowest BCUT2D eigenvalue weighted by molar-refractivity contribution is 0.668. The van der Waals surface area contributed by atoms with Gasteiger partial charge in [0, 0.05) is 38.2 Å². The number of para-hydroxylation sites is 2. The number of nitrogens with zero attached hydrogens (tertiary/aromatic N) is 3. The van der Waals surface area contributed by atoms with Gasteiger partial charge in [-0.3, -0.25) is 0 Å². The molecule has 0 amide bonds. The number of hydrogen-bond donors (Lipinski definition) is 0. The van der Waals surface area contributed by atoms with E-state index in [1.165, 1.54) is 26.9 Å². The molecule has 50 heavy (non-hydrogen) atoms. The Balaban J connectivity index is 1.15. The van der Waals surface area contributed by atoms with E-state index in [0.717, 1.165) is 66.0 Å². The molecule has 0 fully saturated rings. The van der Waals surface area contributed by atoms with Crippen molar-refractivity contribution in [1.29, 1.82) is 0 Å². The molecule has 11 rings (SSSR count). The van der Waals surface area contributed by atoms with Crippen molar-refractivity contribution in [3.63, 3.8) is 0 Å². The van der Waals surface area contributed by atoms with Crippen LogP contribution in [0.4, 0.5) is 0 Å². The SMILES string of the molecule is c1ccc2c(c1)oc1cc(-c3nc(-c4ccc5c(c4)oc4ccccc45)nc(-c4ccc5c6ccccc6c6ccccc6c5c4)n3)ccc12. The van der Waals surface area contributed by atoms with Crippen LogP contribution in [0.3, 0.4) is 0 Å². The summed E-state index contributed by atoms with van der Waals surface area (Å²) in [6, 6.07) is 52.3. The highest BCUT2D eigenvalue weighted by molar-refractivity contribution is 6.25. The van der Waals surface area contributed by atoms with Crippen LogP contribution in [0.25, 0.3) is 110 Å². The van der Waals surface area contributed by atoms with Gasteiger partial charge in [-0.05, 0) is 74.8 Å². The molecular weight excluding hydrogens is 615 g/mol. The van der Waals surface area contributed by atoms with E-state index in [1.807, 2.05) is 48.5 Å². The monoisotopic (exact) mass is 639 g/mol. The normalized spacial score (nSPS) is 12.0. The van der Waals surface area contributed by atoms with Crippen molar-refractivity contribution >= 4 is 76.2 Å². The average Bonchev–Trinajstić information content (AvgIpc) is 3.75. The standard InChI is InChI=1S/C45H25N3O2/c1-2-11-31-29(9-1)30-10-3-4-12-32(30)38-23-26(17-20-33(31)38)43-46-44(27-18-21-36-34-13-5-7-15-39(34)49-41(36)24-27)48-45(47-43)28-19-22-37-35-14-6-8-16-40(35)50-42(37)25-28/h1-25H. The fraction of sp³-hybridized carbons (Fsp3) is 0. The Bertz CT molecular complexity index is 3000. The topological polar surface area (TPSA) is 65.0 Å². The molecule has 0 aliphatic rings. The molecule has 0 spiro atoms. The highest BCUT2D eigenvalue weighted by Gasteiger charge is 2.17. The van der Waals surface area contributed by atoms with Gasteiger partial charge in [-0.25, -0.2) is 15.0 Å². The summed E-state index contributed by atoms with van der Waals surface area (Å²) in [5.74, 6) is 1.74. The quantitative estimate of drug-likeness (QED) is 0.180.